The Balaban J connectivity index is 1.89. The first-order valence-corrected chi connectivity index (χ1v) is 8.67. The molecule has 0 saturated heterocycles. The second-order valence-corrected chi connectivity index (χ2v) is 6.49. The van der Waals surface area contributed by atoms with Gasteiger partial charge in [0.1, 0.15) is 0 Å². The van der Waals surface area contributed by atoms with Crippen LogP contribution in [0.5, 0.6) is 0 Å². The summed E-state index contributed by atoms with van der Waals surface area (Å²) < 4.78 is 1.18. The Morgan fingerprint density at radius 3 is 2.56 bits per heavy atom. The van der Waals surface area contributed by atoms with Gasteiger partial charge in [0.05, 0.1) is 28.7 Å². The molecule has 0 spiro atoms. The number of fused-ring (bicyclic) bond motifs is 1. The van der Waals surface area contributed by atoms with Crippen molar-refractivity contribution < 1.29 is 9.72 Å². The first-order chi connectivity index (χ1) is 12.9. The molecule has 7 heteroatoms. The Kier molecular flexibility index (Phi) is 5.12. The van der Waals surface area contributed by atoms with Gasteiger partial charge in [-0.05, 0) is 24.0 Å². The molecule has 0 aliphatic heterocycles. The van der Waals surface area contributed by atoms with Crippen LogP contribution in [0.4, 0.5) is 5.69 Å². The molecule has 0 N–H and O–H groups in total. The maximum absolute atomic E-state index is 12.6. The van der Waals surface area contributed by atoms with Crippen LogP contribution in [-0.4, -0.2) is 20.3 Å². The van der Waals surface area contributed by atoms with Crippen molar-refractivity contribution in [1.29, 1.82) is 0 Å². The number of aromatic nitrogens is 2. The van der Waals surface area contributed by atoms with Gasteiger partial charge >= 0.3 is 0 Å². The minimum atomic E-state index is -0.569. The number of non-ortho nitro benzene ring substituents is 1. The zero-order chi connectivity index (χ0) is 19.6. The number of Topliss-reactive ketones (excluding diaryl/α,β-unsaturated/α-hetero) is 1. The summed E-state index contributed by atoms with van der Waals surface area (Å²) in [7, 11) is 0. The average molecular weight is 365 g/mol. The largest absolute Gasteiger partial charge is 0.292 e. The molecule has 3 aromatic rings. The second-order valence-electron chi connectivity index (χ2n) is 6.49. The molecule has 138 valence electrons. The Labute approximate surface area is 155 Å². The number of nitro benzene ring substituents is 1. The predicted molar refractivity (Wildman–Crippen MR) is 102 cm³/mol. The van der Waals surface area contributed by atoms with Crippen LogP contribution >= 0.6 is 0 Å². The number of hydrogen-bond donors (Lipinski definition) is 0. The van der Waals surface area contributed by atoms with Crippen molar-refractivity contribution in [2.24, 2.45) is 0 Å². The van der Waals surface area contributed by atoms with Crippen LogP contribution in [-0.2, 0) is 6.54 Å². The van der Waals surface area contributed by atoms with Crippen molar-refractivity contribution in [3.05, 3.63) is 80.4 Å². The molecule has 7 nitrogen and oxygen atoms in total. The number of carbonyl (C=O) groups excluding carboxylic acids is 1. The summed E-state index contributed by atoms with van der Waals surface area (Å²) in [5, 5.41) is 11.0. The Hall–Kier alpha value is -3.35. The van der Waals surface area contributed by atoms with Crippen LogP contribution in [0.15, 0.2) is 53.6 Å². The van der Waals surface area contributed by atoms with Crippen LogP contribution in [0.2, 0.25) is 0 Å². The number of carbonyl (C=O) groups is 1. The molecule has 0 aliphatic rings. The van der Waals surface area contributed by atoms with E-state index in [1.54, 1.807) is 12.1 Å². The fourth-order valence-corrected chi connectivity index (χ4v) is 2.85. The van der Waals surface area contributed by atoms with Gasteiger partial charge < -0.3 is 0 Å². The average Bonchev–Trinajstić information content (AvgIpc) is 2.69. The second kappa shape index (κ2) is 7.49. The van der Waals surface area contributed by atoms with E-state index in [2.05, 4.69) is 18.8 Å². The van der Waals surface area contributed by atoms with E-state index in [0.717, 1.165) is 12.0 Å². The van der Waals surface area contributed by atoms with Crippen molar-refractivity contribution in [3.63, 3.8) is 0 Å². The lowest BCUT2D eigenvalue weighted by atomic mass is 9.97. The molecule has 0 fully saturated rings. The fraction of sp³-hybridized carbons (Fsp3) is 0.250. The molecule has 1 heterocycles. The summed E-state index contributed by atoms with van der Waals surface area (Å²) in [5.41, 5.74) is 1.35. The van der Waals surface area contributed by atoms with Gasteiger partial charge in [0.15, 0.2) is 5.78 Å². The minimum absolute atomic E-state index is 0.117. The van der Waals surface area contributed by atoms with Crippen LogP contribution in [0, 0.1) is 10.1 Å². The molecule has 0 saturated carbocycles. The van der Waals surface area contributed by atoms with Gasteiger partial charge in [-0.3, -0.25) is 24.3 Å². The highest BCUT2D eigenvalue weighted by Crippen LogP contribution is 2.19. The van der Waals surface area contributed by atoms with Gasteiger partial charge in [-0.15, -0.1) is 0 Å². The van der Waals surface area contributed by atoms with Crippen molar-refractivity contribution in [2.45, 2.75) is 32.7 Å². The molecule has 1 aromatic heterocycles. The molecule has 0 radical (unpaired) electrons. The third-order valence-corrected chi connectivity index (χ3v) is 4.75. The van der Waals surface area contributed by atoms with Crippen molar-refractivity contribution in [2.75, 3.05) is 0 Å². The first-order valence-electron chi connectivity index (χ1n) is 8.67. The standard InChI is InChI=1S/C20H19N3O4/c1-3-13(2)14-4-6-15(7-5-14)19(24)11-22-12-21-18-9-8-16(23(26)27)10-17(18)20(22)25/h4-10,12-13H,3,11H2,1-2H3/t13-/m0/s1. The van der Waals surface area contributed by atoms with E-state index in [1.165, 1.54) is 29.1 Å². The number of nitrogens with zero attached hydrogens (tertiary/aromatic N) is 3. The topological polar surface area (TPSA) is 95.1 Å². The van der Waals surface area contributed by atoms with E-state index in [-0.39, 0.29) is 23.4 Å². The number of nitro groups is 1. The van der Waals surface area contributed by atoms with Gasteiger partial charge in [-0.1, -0.05) is 38.1 Å². The zero-order valence-corrected chi connectivity index (χ0v) is 15.1. The third kappa shape index (κ3) is 3.76. The Morgan fingerprint density at radius 2 is 1.93 bits per heavy atom. The predicted octanol–water partition coefficient (Wildman–Crippen LogP) is 3.70. The first kappa shape index (κ1) is 18.4. The molecule has 0 unspecified atom stereocenters. The molecule has 0 bridgehead atoms. The third-order valence-electron chi connectivity index (χ3n) is 4.75. The van der Waals surface area contributed by atoms with Gasteiger partial charge in [-0.2, -0.15) is 0 Å². The van der Waals surface area contributed by atoms with Gasteiger partial charge in [0, 0.05) is 17.7 Å². The van der Waals surface area contributed by atoms with E-state index in [4.69, 9.17) is 0 Å². The molecule has 2 aromatic carbocycles. The zero-order valence-electron chi connectivity index (χ0n) is 15.1. The minimum Gasteiger partial charge on any atom is -0.292 e. The Bertz CT molecular complexity index is 1070. The number of benzene rings is 2. The maximum Gasteiger partial charge on any atom is 0.270 e. The fourth-order valence-electron chi connectivity index (χ4n) is 2.85. The van der Waals surface area contributed by atoms with Crippen molar-refractivity contribution in [1.82, 2.24) is 9.55 Å². The maximum atomic E-state index is 12.6. The smallest absolute Gasteiger partial charge is 0.270 e. The summed E-state index contributed by atoms with van der Waals surface area (Å²) in [6, 6.07) is 11.3. The summed E-state index contributed by atoms with van der Waals surface area (Å²) >= 11 is 0. The quantitative estimate of drug-likeness (QED) is 0.377. The highest BCUT2D eigenvalue weighted by atomic mass is 16.6. The van der Waals surface area contributed by atoms with E-state index in [1.807, 2.05) is 12.1 Å². The van der Waals surface area contributed by atoms with Gasteiger partial charge in [0.2, 0.25) is 0 Å². The van der Waals surface area contributed by atoms with E-state index in [9.17, 15) is 19.7 Å². The molecule has 0 amide bonds. The molecule has 27 heavy (non-hydrogen) atoms. The van der Waals surface area contributed by atoms with E-state index >= 15 is 0 Å². The Morgan fingerprint density at radius 1 is 1.22 bits per heavy atom. The van der Waals surface area contributed by atoms with E-state index in [0.29, 0.717) is 17.0 Å². The monoisotopic (exact) mass is 365 g/mol. The highest BCUT2D eigenvalue weighted by Gasteiger charge is 2.14. The summed E-state index contributed by atoms with van der Waals surface area (Å²) in [4.78, 5) is 39.6. The van der Waals surface area contributed by atoms with Crippen LogP contribution in [0.1, 0.15) is 42.1 Å². The number of rotatable bonds is 6. The number of ketones is 1. The highest BCUT2D eigenvalue weighted by molar-refractivity contribution is 5.96. The lowest BCUT2D eigenvalue weighted by Gasteiger charge is -2.10. The summed E-state index contributed by atoms with van der Waals surface area (Å²) in [6.45, 7) is 4.05. The van der Waals surface area contributed by atoms with Crippen molar-refractivity contribution in [3.8, 4) is 0 Å². The van der Waals surface area contributed by atoms with Gasteiger partial charge in [-0.25, -0.2) is 4.98 Å². The van der Waals surface area contributed by atoms with Crippen LogP contribution in [0.3, 0.4) is 0 Å². The normalized spacial score (nSPS) is 12.1. The lowest BCUT2D eigenvalue weighted by molar-refractivity contribution is -0.384. The van der Waals surface area contributed by atoms with Crippen molar-refractivity contribution >= 4 is 22.4 Å². The van der Waals surface area contributed by atoms with Crippen LogP contribution < -0.4 is 5.56 Å². The molecular formula is C20H19N3O4. The lowest BCUT2D eigenvalue weighted by Crippen LogP contribution is -2.24. The summed E-state index contributed by atoms with van der Waals surface area (Å²) in [5.74, 6) is 0.191. The number of hydrogen-bond acceptors (Lipinski definition) is 5. The molecule has 3 rings (SSSR count). The molecule has 0 aliphatic carbocycles. The van der Waals surface area contributed by atoms with E-state index < -0.39 is 10.5 Å². The molecular weight excluding hydrogens is 346 g/mol. The van der Waals surface area contributed by atoms with Crippen LogP contribution in [0.25, 0.3) is 10.9 Å². The summed E-state index contributed by atoms with van der Waals surface area (Å²) in [6.07, 6.45) is 2.31. The SMILES string of the molecule is CC[C@H](C)c1ccc(C(=O)Cn2cnc3ccc([N+](=O)[O-])cc3c2=O)cc1. The molecule has 1 atom stereocenters. The van der Waals surface area contributed by atoms with Gasteiger partial charge in [0.25, 0.3) is 11.2 Å².